The predicted octanol–water partition coefficient (Wildman–Crippen LogP) is 1.14. The van der Waals surface area contributed by atoms with Crippen molar-refractivity contribution in [2.75, 3.05) is 39.8 Å². The van der Waals surface area contributed by atoms with E-state index in [1.54, 1.807) is 0 Å². The fourth-order valence-electron chi connectivity index (χ4n) is 3.12. The minimum Gasteiger partial charge on any atom is -0.326 e. The molecule has 0 radical (unpaired) electrons. The van der Waals surface area contributed by atoms with Crippen LogP contribution in [0.2, 0.25) is 0 Å². The molecule has 94 valence electrons. The molecule has 2 aliphatic rings. The monoisotopic (exact) mass is 225 g/mol. The second kappa shape index (κ2) is 5.99. The first kappa shape index (κ1) is 12.3. The van der Waals surface area contributed by atoms with E-state index in [-0.39, 0.29) is 0 Å². The van der Waals surface area contributed by atoms with Crippen LogP contribution in [0.5, 0.6) is 0 Å². The maximum Gasteiger partial charge on any atom is 0.0196 e. The third-order valence-electron chi connectivity index (χ3n) is 4.29. The summed E-state index contributed by atoms with van der Waals surface area (Å²) in [7, 11) is 2.22. The van der Waals surface area contributed by atoms with Crippen LogP contribution in [-0.4, -0.2) is 55.6 Å². The van der Waals surface area contributed by atoms with Crippen molar-refractivity contribution in [3.8, 4) is 0 Å². The number of nitrogens with two attached hydrogens (primary N) is 1. The second-order valence-electron chi connectivity index (χ2n) is 5.67. The first-order valence-electron chi connectivity index (χ1n) is 6.92. The molecule has 1 heterocycles. The van der Waals surface area contributed by atoms with Crippen LogP contribution in [0.4, 0.5) is 0 Å². The van der Waals surface area contributed by atoms with Crippen LogP contribution in [0.15, 0.2) is 0 Å². The van der Waals surface area contributed by atoms with Crippen LogP contribution in [0, 0.1) is 5.92 Å². The molecule has 16 heavy (non-hydrogen) atoms. The number of hydrogen-bond donors (Lipinski definition) is 1. The highest BCUT2D eigenvalue weighted by atomic mass is 15.2. The molecule has 2 N–H and O–H groups in total. The topological polar surface area (TPSA) is 32.5 Å². The molecule has 2 rings (SSSR count). The Kier molecular flexibility index (Phi) is 4.62. The van der Waals surface area contributed by atoms with Gasteiger partial charge in [-0.15, -0.1) is 0 Å². The van der Waals surface area contributed by atoms with E-state index in [0.717, 1.165) is 12.5 Å². The highest BCUT2D eigenvalue weighted by molar-refractivity contribution is 4.81. The van der Waals surface area contributed by atoms with Gasteiger partial charge in [0.25, 0.3) is 0 Å². The summed E-state index contributed by atoms with van der Waals surface area (Å²) in [6.07, 6.45) is 6.85. The fraction of sp³-hybridized carbons (Fsp3) is 1.00. The maximum atomic E-state index is 6.34. The molecule has 1 saturated carbocycles. The largest absolute Gasteiger partial charge is 0.326 e. The van der Waals surface area contributed by atoms with Gasteiger partial charge in [0.1, 0.15) is 0 Å². The molecule has 3 nitrogen and oxygen atoms in total. The SMILES string of the molecule is CN1CCCN(CC(N)C2CCCC2)CC1. The van der Waals surface area contributed by atoms with Crippen LogP contribution < -0.4 is 5.73 Å². The lowest BCUT2D eigenvalue weighted by Gasteiger charge is -2.27. The van der Waals surface area contributed by atoms with Gasteiger partial charge in [0.05, 0.1) is 0 Å². The number of rotatable bonds is 3. The van der Waals surface area contributed by atoms with Crippen molar-refractivity contribution in [3.63, 3.8) is 0 Å². The molecule has 1 saturated heterocycles. The summed E-state index contributed by atoms with van der Waals surface area (Å²) < 4.78 is 0. The summed E-state index contributed by atoms with van der Waals surface area (Å²) in [5.41, 5.74) is 6.34. The van der Waals surface area contributed by atoms with Gasteiger partial charge in [0, 0.05) is 25.7 Å². The van der Waals surface area contributed by atoms with E-state index >= 15 is 0 Å². The molecule has 0 aromatic carbocycles. The van der Waals surface area contributed by atoms with Crippen LogP contribution in [0.25, 0.3) is 0 Å². The molecule has 0 aromatic rings. The number of hydrogen-bond acceptors (Lipinski definition) is 3. The van der Waals surface area contributed by atoms with E-state index in [2.05, 4.69) is 16.8 Å². The van der Waals surface area contributed by atoms with Crippen molar-refractivity contribution in [1.82, 2.24) is 9.80 Å². The zero-order valence-electron chi connectivity index (χ0n) is 10.7. The first-order chi connectivity index (χ1) is 7.75. The van der Waals surface area contributed by atoms with E-state index < -0.39 is 0 Å². The van der Waals surface area contributed by atoms with Crippen LogP contribution >= 0.6 is 0 Å². The van der Waals surface area contributed by atoms with E-state index in [4.69, 9.17) is 5.73 Å². The van der Waals surface area contributed by atoms with E-state index in [1.807, 2.05) is 0 Å². The van der Waals surface area contributed by atoms with Crippen molar-refractivity contribution in [2.24, 2.45) is 11.7 Å². The summed E-state index contributed by atoms with van der Waals surface area (Å²) in [6, 6.07) is 0.422. The molecule has 1 unspecified atom stereocenters. The van der Waals surface area contributed by atoms with Gasteiger partial charge in [-0.05, 0) is 45.3 Å². The van der Waals surface area contributed by atoms with Crippen LogP contribution in [0.3, 0.4) is 0 Å². The number of likely N-dealkylation sites (N-methyl/N-ethyl adjacent to an activating group) is 1. The molecule has 1 atom stereocenters. The first-order valence-corrected chi connectivity index (χ1v) is 6.92. The maximum absolute atomic E-state index is 6.34. The lowest BCUT2D eigenvalue weighted by Crippen LogP contribution is -2.42. The molecular formula is C13H27N3. The van der Waals surface area contributed by atoms with Gasteiger partial charge in [0.15, 0.2) is 0 Å². The van der Waals surface area contributed by atoms with Gasteiger partial charge in [-0.25, -0.2) is 0 Å². The molecule has 3 heteroatoms. The zero-order chi connectivity index (χ0) is 11.4. The Morgan fingerprint density at radius 1 is 1.06 bits per heavy atom. The van der Waals surface area contributed by atoms with Gasteiger partial charge >= 0.3 is 0 Å². The molecule has 0 amide bonds. The van der Waals surface area contributed by atoms with E-state index in [1.165, 1.54) is 58.3 Å². The van der Waals surface area contributed by atoms with Gasteiger partial charge in [-0.2, -0.15) is 0 Å². The second-order valence-corrected chi connectivity index (χ2v) is 5.67. The lowest BCUT2D eigenvalue weighted by molar-refractivity contribution is 0.234. The third-order valence-corrected chi connectivity index (χ3v) is 4.29. The Labute approximate surface area is 100.0 Å². The third kappa shape index (κ3) is 3.44. The average Bonchev–Trinajstić information content (AvgIpc) is 2.72. The molecule has 1 aliphatic carbocycles. The molecule has 2 fully saturated rings. The lowest BCUT2D eigenvalue weighted by atomic mass is 9.98. The predicted molar refractivity (Wildman–Crippen MR) is 68.5 cm³/mol. The standard InChI is InChI=1S/C13H27N3/c1-15-7-4-8-16(10-9-15)11-13(14)12-5-2-3-6-12/h12-13H,2-11,14H2,1H3. The minimum absolute atomic E-state index is 0.422. The van der Waals surface area contributed by atoms with Crippen LogP contribution in [0.1, 0.15) is 32.1 Å². The van der Waals surface area contributed by atoms with Crippen molar-refractivity contribution < 1.29 is 0 Å². The molecular weight excluding hydrogens is 198 g/mol. The highest BCUT2D eigenvalue weighted by Crippen LogP contribution is 2.27. The van der Waals surface area contributed by atoms with E-state index in [9.17, 15) is 0 Å². The smallest absolute Gasteiger partial charge is 0.0196 e. The average molecular weight is 225 g/mol. The summed E-state index contributed by atoms with van der Waals surface area (Å²) >= 11 is 0. The van der Waals surface area contributed by atoms with Crippen molar-refractivity contribution in [2.45, 2.75) is 38.1 Å². The zero-order valence-corrected chi connectivity index (χ0v) is 10.7. The minimum atomic E-state index is 0.422. The van der Waals surface area contributed by atoms with Gasteiger partial charge in [-0.1, -0.05) is 12.8 Å². The Balaban J connectivity index is 1.74. The van der Waals surface area contributed by atoms with Crippen molar-refractivity contribution in [3.05, 3.63) is 0 Å². The molecule has 1 aliphatic heterocycles. The van der Waals surface area contributed by atoms with Crippen molar-refractivity contribution in [1.29, 1.82) is 0 Å². The normalized spacial score (nSPS) is 28.1. The summed E-state index contributed by atoms with van der Waals surface area (Å²) in [5, 5.41) is 0. The molecule has 0 aromatic heterocycles. The Bertz CT molecular complexity index is 201. The summed E-state index contributed by atoms with van der Waals surface area (Å²) in [6.45, 7) is 6.02. The summed E-state index contributed by atoms with van der Waals surface area (Å²) in [4.78, 5) is 5.01. The Hall–Kier alpha value is -0.120. The molecule has 0 bridgehead atoms. The highest BCUT2D eigenvalue weighted by Gasteiger charge is 2.24. The van der Waals surface area contributed by atoms with Gasteiger partial charge in [0.2, 0.25) is 0 Å². The Morgan fingerprint density at radius 3 is 2.56 bits per heavy atom. The van der Waals surface area contributed by atoms with Crippen molar-refractivity contribution >= 4 is 0 Å². The van der Waals surface area contributed by atoms with Crippen LogP contribution in [-0.2, 0) is 0 Å². The van der Waals surface area contributed by atoms with E-state index in [0.29, 0.717) is 6.04 Å². The quantitative estimate of drug-likeness (QED) is 0.782. The summed E-state index contributed by atoms with van der Waals surface area (Å²) in [5.74, 6) is 0.806. The fourth-order valence-corrected chi connectivity index (χ4v) is 3.12. The molecule has 0 spiro atoms. The Morgan fingerprint density at radius 2 is 1.81 bits per heavy atom. The van der Waals surface area contributed by atoms with Gasteiger partial charge < -0.3 is 15.5 Å². The number of nitrogens with zero attached hydrogens (tertiary/aromatic N) is 2. The van der Waals surface area contributed by atoms with Gasteiger partial charge in [-0.3, -0.25) is 0 Å².